The summed E-state index contributed by atoms with van der Waals surface area (Å²) in [6.07, 6.45) is 5.56. The molecular formula is C14H29N3. The van der Waals surface area contributed by atoms with Crippen LogP contribution in [0, 0.1) is 5.92 Å². The summed E-state index contributed by atoms with van der Waals surface area (Å²) in [5.74, 6) is 0.771. The maximum Gasteiger partial charge on any atom is 0.0220 e. The smallest absolute Gasteiger partial charge is 0.0220 e. The summed E-state index contributed by atoms with van der Waals surface area (Å²) in [7, 11) is 4.55. The molecule has 2 atom stereocenters. The van der Waals surface area contributed by atoms with E-state index in [1.165, 1.54) is 51.9 Å². The molecule has 2 fully saturated rings. The number of hydrogen-bond acceptors (Lipinski definition) is 3. The summed E-state index contributed by atoms with van der Waals surface area (Å²) < 4.78 is 0. The van der Waals surface area contributed by atoms with Crippen LogP contribution in [0.4, 0.5) is 0 Å². The third-order valence-corrected chi connectivity index (χ3v) is 4.15. The Kier molecular flexibility index (Phi) is 4.83. The molecule has 0 aromatic rings. The van der Waals surface area contributed by atoms with Gasteiger partial charge in [0.1, 0.15) is 0 Å². The van der Waals surface area contributed by atoms with Crippen molar-refractivity contribution in [2.24, 2.45) is 5.92 Å². The summed E-state index contributed by atoms with van der Waals surface area (Å²) in [4.78, 5) is 5.04. The van der Waals surface area contributed by atoms with Crippen LogP contribution >= 0.6 is 0 Å². The van der Waals surface area contributed by atoms with Gasteiger partial charge in [-0.3, -0.25) is 0 Å². The zero-order valence-corrected chi connectivity index (χ0v) is 11.8. The molecule has 0 spiro atoms. The Labute approximate surface area is 107 Å². The normalized spacial score (nSPS) is 27.9. The second-order valence-corrected chi connectivity index (χ2v) is 6.29. The second-order valence-electron chi connectivity index (χ2n) is 6.29. The van der Waals surface area contributed by atoms with Crippen LogP contribution < -0.4 is 5.32 Å². The highest BCUT2D eigenvalue weighted by Gasteiger charge is 2.23. The number of nitrogens with one attached hydrogen (secondary N) is 1. The summed E-state index contributed by atoms with van der Waals surface area (Å²) in [6, 6.07) is 1.65. The first kappa shape index (κ1) is 13.3. The van der Waals surface area contributed by atoms with Gasteiger partial charge in [-0.1, -0.05) is 6.92 Å². The lowest BCUT2D eigenvalue weighted by atomic mass is 10.1. The Morgan fingerprint density at radius 2 is 2.12 bits per heavy atom. The molecule has 0 aromatic heterocycles. The summed E-state index contributed by atoms with van der Waals surface area (Å²) in [5.41, 5.74) is 0. The lowest BCUT2D eigenvalue weighted by molar-refractivity contribution is 0.202. The fraction of sp³-hybridized carbons (Fsp3) is 1.00. The standard InChI is InChI=1S/C14H29N3/c1-12(9-15-13-6-7-13)10-16(2)11-14-5-4-8-17(14)3/h12-15H,4-11H2,1-3H3. The molecule has 3 heteroatoms. The largest absolute Gasteiger partial charge is 0.314 e. The van der Waals surface area contributed by atoms with Gasteiger partial charge in [0, 0.05) is 25.2 Å². The fourth-order valence-corrected chi connectivity index (χ4v) is 2.90. The molecule has 3 nitrogen and oxygen atoms in total. The van der Waals surface area contributed by atoms with Crippen LogP contribution in [0.5, 0.6) is 0 Å². The third-order valence-electron chi connectivity index (χ3n) is 4.15. The first-order chi connectivity index (χ1) is 8.15. The van der Waals surface area contributed by atoms with Gasteiger partial charge in [-0.25, -0.2) is 0 Å². The van der Waals surface area contributed by atoms with Crippen LogP contribution in [-0.4, -0.2) is 62.2 Å². The first-order valence-electron chi connectivity index (χ1n) is 7.27. The molecule has 1 aliphatic carbocycles. The maximum atomic E-state index is 3.63. The Hall–Kier alpha value is -0.120. The molecule has 0 bridgehead atoms. The predicted molar refractivity (Wildman–Crippen MR) is 73.3 cm³/mol. The minimum Gasteiger partial charge on any atom is -0.314 e. The molecule has 1 heterocycles. The Morgan fingerprint density at radius 1 is 1.35 bits per heavy atom. The Balaban J connectivity index is 1.59. The monoisotopic (exact) mass is 239 g/mol. The van der Waals surface area contributed by atoms with Gasteiger partial charge in [-0.15, -0.1) is 0 Å². The van der Waals surface area contributed by atoms with Gasteiger partial charge >= 0.3 is 0 Å². The van der Waals surface area contributed by atoms with E-state index in [0.717, 1.165) is 18.0 Å². The molecule has 2 unspecified atom stereocenters. The van der Waals surface area contributed by atoms with Crippen LogP contribution in [0.1, 0.15) is 32.6 Å². The van der Waals surface area contributed by atoms with Crippen molar-refractivity contribution in [3.05, 3.63) is 0 Å². The Bertz CT molecular complexity index is 228. The van der Waals surface area contributed by atoms with E-state index >= 15 is 0 Å². The van der Waals surface area contributed by atoms with E-state index in [9.17, 15) is 0 Å². The zero-order valence-electron chi connectivity index (χ0n) is 11.8. The molecule has 2 rings (SSSR count). The summed E-state index contributed by atoms with van der Waals surface area (Å²) >= 11 is 0. The van der Waals surface area contributed by atoms with E-state index in [4.69, 9.17) is 0 Å². The lowest BCUT2D eigenvalue weighted by Gasteiger charge is -2.27. The van der Waals surface area contributed by atoms with E-state index in [1.807, 2.05) is 0 Å². The first-order valence-corrected chi connectivity index (χ1v) is 7.27. The minimum atomic E-state index is 0.771. The minimum absolute atomic E-state index is 0.771. The van der Waals surface area contributed by atoms with Crippen molar-refractivity contribution in [3.63, 3.8) is 0 Å². The highest BCUT2D eigenvalue weighted by Crippen LogP contribution is 2.19. The molecule has 2 aliphatic rings. The number of likely N-dealkylation sites (N-methyl/N-ethyl adjacent to an activating group) is 2. The van der Waals surface area contributed by atoms with Crippen molar-refractivity contribution in [3.8, 4) is 0 Å². The molecule has 1 saturated carbocycles. The van der Waals surface area contributed by atoms with Gasteiger partial charge in [0.25, 0.3) is 0 Å². The zero-order chi connectivity index (χ0) is 12.3. The molecule has 0 aromatic carbocycles. The van der Waals surface area contributed by atoms with Crippen LogP contribution in [0.15, 0.2) is 0 Å². The van der Waals surface area contributed by atoms with Gasteiger partial charge in [0.15, 0.2) is 0 Å². The lowest BCUT2D eigenvalue weighted by Crippen LogP contribution is -2.39. The van der Waals surface area contributed by atoms with Crippen LogP contribution in [0.2, 0.25) is 0 Å². The molecule has 0 amide bonds. The molecule has 17 heavy (non-hydrogen) atoms. The molecule has 1 saturated heterocycles. The number of rotatable bonds is 7. The SMILES string of the molecule is CC(CNC1CC1)CN(C)CC1CCCN1C. The van der Waals surface area contributed by atoms with E-state index in [2.05, 4.69) is 36.1 Å². The number of likely N-dealkylation sites (tertiary alicyclic amines) is 1. The molecular weight excluding hydrogens is 210 g/mol. The van der Waals surface area contributed by atoms with Gasteiger partial charge in [0.2, 0.25) is 0 Å². The predicted octanol–water partition coefficient (Wildman–Crippen LogP) is 1.40. The quantitative estimate of drug-likeness (QED) is 0.724. The second kappa shape index (κ2) is 6.17. The van der Waals surface area contributed by atoms with Gasteiger partial charge in [-0.05, 0) is 58.8 Å². The number of hydrogen-bond donors (Lipinski definition) is 1. The Morgan fingerprint density at radius 3 is 2.71 bits per heavy atom. The van der Waals surface area contributed by atoms with Crippen LogP contribution in [0.25, 0.3) is 0 Å². The maximum absolute atomic E-state index is 3.63. The fourth-order valence-electron chi connectivity index (χ4n) is 2.90. The topological polar surface area (TPSA) is 18.5 Å². The van der Waals surface area contributed by atoms with Gasteiger partial charge in [0.05, 0.1) is 0 Å². The van der Waals surface area contributed by atoms with Crippen LogP contribution in [-0.2, 0) is 0 Å². The van der Waals surface area contributed by atoms with Gasteiger partial charge < -0.3 is 15.1 Å². The third kappa shape index (κ3) is 4.57. The van der Waals surface area contributed by atoms with Crippen LogP contribution in [0.3, 0.4) is 0 Å². The van der Waals surface area contributed by atoms with Crippen molar-refractivity contribution < 1.29 is 0 Å². The molecule has 0 radical (unpaired) electrons. The average Bonchev–Trinajstić information content (AvgIpc) is 3.02. The highest BCUT2D eigenvalue weighted by molar-refractivity contribution is 4.82. The average molecular weight is 239 g/mol. The molecule has 1 aliphatic heterocycles. The van der Waals surface area contributed by atoms with Gasteiger partial charge in [-0.2, -0.15) is 0 Å². The highest BCUT2D eigenvalue weighted by atomic mass is 15.2. The van der Waals surface area contributed by atoms with Crippen molar-refractivity contribution in [1.29, 1.82) is 0 Å². The van der Waals surface area contributed by atoms with E-state index < -0.39 is 0 Å². The van der Waals surface area contributed by atoms with Crippen molar-refractivity contribution >= 4 is 0 Å². The van der Waals surface area contributed by atoms with E-state index in [1.54, 1.807) is 0 Å². The summed E-state index contributed by atoms with van der Waals surface area (Å²) in [6.45, 7) is 7.31. The van der Waals surface area contributed by atoms with Crippen molar-refractivity contribution in [2.45, 2.75) is 44.7 Å². The molecule has 1 N–H and O–H groups in total. The van der Waals surface area contributed by atoms with Crippen molar-refractivity contribution in [1.82, 2.24) is 15.1 Å². The van der Waals surface area contributed by atoms with E-state index in [-0.39, 0.29) is 0 Å². The van der Waals surface area contributed by atoms with E-state index in [0.29, 0.717) is 0 Å². The molecule has 100 valence electrons. The number of nitrogens with zero attached hydrogens (tertiary/aromatic N) is 2. The summed E-state index contributed by atoms with van der Waals surface area (Å²) in [5, 5.41) is 3.63. The van der Waals surface area contributed by atoms with Crippen molar-refractivity contribution in [2.75, 3.05) is 40.3 Å².